The predicted octanol–water partition coefficient (Wildman–Crippen LogP) is 2.31. The second-order valence-corrected chi connectivity index (χ2v) is 5.05. The van der Waals surface area contributed by atoms with E-state index in [0.717, 1.165) is 30.8 Å². The summed E-state index contributed by atoms with van der Waals surface area (Å²) in [5.74, 6) is 0.815. The third kappa shape index (κ3) is 3.89. The Kier molecular flexibility index (Phi) is 5.13. The zero-order valence-electron chi connectivity index (χ0n) is 10.4. The highest BCUT2D eigenvalue weighted by atomic mass is 35.5. The van der Waals surface area contributed by atoms with Crippen LogP contribution in [0.4, 0.5) is 0 Å². The molecular formula is C12H15Cl2N5. The summed E-state index contributed by atoms with van der Waals surface area (Å²) < 4.78 is 1.80. The lowest BCUT2D eigenvalue weighted by molar-refractivity contribution is 0.529. The van der Waals surface area contributed by atoms with Crippen molar-refractivity contribution in [3.05, 3.63) is 39.6 Å². The molecule has 1 heterocycles. The van der Waals surface area contributed by atoms with E-state index < -0.39 is 0 Å². The number of nitrogens with zero attached hydrogens (tertiary/aromatic N) is 4. The van der Waals surface area contributed by atoms with Gasteiger partial charge in [0.05, 0.1) is 10.0 Å². The number of aryl methyl sites for hydroxylation is 1. The molecule has 2 N–H and O–H groups in total. The van der Waals surface area contributed by atoms with Crippen LogP contribution in [-0.4, -0.2) is 26.8 Å². The number of rotatable bonds is 6. The first kappa shape index (κ1) is 14.2. The van der Waals surface area contributed by atoms with Crippen LogP contribution in [0.1, 0.15) is 24.2 Å². The minimum absolute atomic E-state index is 0.543. The molecule has 102 valence electrons. The van der Waals surface area contributed by atoms with Gasteiger partial charge >= 0.3 is 0 Å². The lowest BCUT2D eigenvalue weighted by Crippen LogP contribution is -2.08. The molecule has 0 aliphatic heterocycles. The maximum Gasteiger partial charge on any atom is 0.155 e. The van der Waals surface area contributed by atoms with Crippen molar-refractivity contribution in [2.75, 3.05) is 6.54 Å². The zero-order chi connectivity index (χ0) is 13.7. The minimum Gasteiger partial charge on any atom is -0.330 e. The molecule has 0 saturated carbocycles. The molecule has 0 saturated heterocycles. The number of hydrogen-bond acceptors (Lipinski definition) is 4. The van der Waals surface area contributed by atoms with Crippen LogP contribution in [0, 0.1) is 0 Å². The molecule has 0 radical (unpaired) electrons. The van der Waals surface area contributed by atoms with Gasteiger partial charge in [-0.3, -0.25) is 0 Å². The molecule has 0 amide bonds. The van der Waals surface area contributed by atoms with Crippen molar-refractivity contribution in [1.82, 2.24) is 20.2 Å². The summed E-state index contributed by atoms with van der Waals surface area (Å²) >= 11 is 11.9. The highest BCUT2D eigenvalue weighted by molar-refractivity contribution is 6.42. The SMILES string of the molecule is NCCCCn1nnnc1Cc1ccc(Cl)c(Cl)c1. The van der Waals surface area contributed by atoms with Crippen LogP contribution in [0.3, 0.4) is 0 Å². The molecule has 1 aromatic carbocycles. The van der Waals surface area contributed by atoms with Gasteiger partial charge in [-0.25, -0.2) is 4.68 Å². The van der Waals surface area contributed by atoms with Crippen LogP contribution in [0.2, 0.25) is 10.0 Å². The normalized spacial score (nSPS) is 10.9. The first-order valence-corrected chi connectivity index (χ1v) is 6.85. The summed E-state index contributed by atoms with van der Waals surface area (Å²) in [6, 6.07) is 5.54. The van der Waals surface area contributed by atoms with Crippen LogP contribution in [0.25, 0.3) is 0 Å². The Labute approximate surface area is 121 Å². The van der Waals surface area contributed by atoms with Gasteiger partial charge < -0.3 is 5.73 Å². The van der Waals surface area contributed by atoms with Gasteiger partial charge in [0.2, 0.25) is 0 Å². The molecule has 0 fully saturated rings. The molecule has 2 aromatic rings. The smallest absolute Gasteiger partial charge is 0.155 e. The van der Waals surface area contributed by atoms with E-state index in [1.54, 1.807) is 10.7 Å². The van der Waals surface area contributed by atoms with Crippen LogP contribution in [-0.2, 0) is 13.0 Å². The summed E-state index contributed by atoms with van der Waals surface area (Å²) in [5.41, 5.74) is 6.50. The molecular weight excluding hydrogens is 285 g/mol. The monoisotopic (exact) mass is 299 g/mol. The van der Waals surface area contributed by atoms with Crippen LogP contribution in [0.5, 0.6) is 0 Å². The molecule has 0 bridgehead atoms. The Morgan fingerprint density at radius 3 is 2.74 bits per heavy atom. The van der Waals surface area contributed by atoms with Gasteiger partial charge in [0.25, 0.3) is 0 Å². The standard InChI is InChI=1S/C12H15Cl2N5/c13-10-4-3-9(7-11(10)14)8-12-16-17-18-19(12)6-2-1-5-15/h3-4,7H,1-2,5-6,8,15H2. The molecule has 2 rings (SSSR count). The quantitative estimate of drug-likeness (QED) is 0.831. The molecule has 1 aromatic heterocycles. The van der Waals surface area contributed by atoms with Crippen molar-refractivity contribution in [3.63, 3.8) is 0 Å². The van der Waals surface area contributed by atoms with Crippen molar-refractivity contribution >= 4 is 23.2 Å². The molecule has 0 aliphatic rings. The van der Waals surface area contributed by atoms with Gasteiger partial charge in [-0.15, -0.1) is 5.10 Å². The molecule has 0 unspecified atom stereocenters. The number of halogens is 2. The lowest BCUT2D eigenvalue weighted by atomic mass is 10.1. The number of aromatic nitrogens is 4. The van der Waals surface area contributed by atoms with Crippen LogP contribution >= 0.6 is 23.2 Å². The molecule has 19 heavy (non-hydrogen) atoms. The van der Waals surface area contributed by atoms with Crippen molar-refractivity contribution in [1.29, 1.82) is 0 Å². The molecule has 0 aliphatic carbocycles. The predicted molar refractivity (Wildman–Crippen MR) is 75.4 cm³/mol. The van der Waals surface area contributed by atoms with Crippen molar-refractivity contribution in [3.8, 4) is 0 Å². The Bertz CT molecular complexity index is 541. The van der Waals surface area contributed by atoms with E-state index in [4.69, 9.17) is 28.9 Å². The Balaban J connectivity index is 2.06. The van der Waals surface area contributed by atoms with Crippen molar-refractivity contribution in [2.45, 2.75) is 25.8 Å². The highest BCUT2D eigenvalue weighted by Crippen LogP contribution is 2.23. The molecule has 5 nitrogen and oxygen atoms in total. The third-order valence-electron chi connectivity index (χ3n) is 2.78. The maximum absolute atomic E-state index is 5.99. The molecule has 7 heteroatoms. The van der Waals surface area contributed by atoms with E-state index in [-0.39, 0.29) is 0 Å². The van der Waals surface area contributed by atoms with Crippen LogP contribution in [0.15, 0.2) is 18.2 Å². The molecule has 0 atom stereocenters. The van der Waals surface area contributed by atoms with E-state index >= 15 is 0 Å². The van der Waals surface area contributed by atoms with Crippen LogP contribution < -0.4 is 5.73 Å². The number of hydrogen-bond donors (Lipinski definition) is 1. The first-order valence-electron chi connectivity index (χ1n) is 6.09. The van der Waals surface area contributed by atoms with Gasteiger partial charge in [-0.2, -0.15) is 0 Å². The fourth-order valence-corrected chi connectivity index (χ4v) is 2.08. The van der Waals surface area contributed by atoms with Gasteiger partial charge in [-0.05, 0) is 47.5 Å². The second-order valence-electron chi connectivity index (χ2n) is 4.24. The van der Waals surface area contributed by atoms with E-state index in [9.17, 15) is 0 Å². The highest BCUT2D eigenvalue weighted by Gasteiger charge is 2.08. The minimum atomic E-state index is 0.543. The van der Waals surface area contributed by atoms with E-state index in [2.05, 4.69) is 15.5 Å². The summed E-state index contributed by atoms with van der Waals surface area (Å²) in [6.07, 6.45) is 2.56. The van der Waals surface area contributed by atoms with Crippen molar-refractivity contribution < 1.29 is 0 Å². The number of tetrazole rings is 1. The van der Waals surface area contributed by atoms with Gasteiger partial charge in [-0.1, -0.05) is 29.3 Å². The van der Waals surface area contributed by atoms with E-state index in [1.807, 2.05) is 12.1 Å². The Morgan fingerprint density at radius 1 is 1.16 bits per heavy atom. The maximum atomic E-state index is 5.99. The summed E-state index contributed by atoms with van der Waals surface area (Å²) in [5, 5.41) is 12.8. The molecule has 0 spiro atoms. The average molecular weight is 300 g/mol. The number of nitrogens with two attached hydrogens (primary N) is 1. The number of benzene rings is 1. The van der Waals surface area contributed by atoms with Gasteiger partial charge in [0.1, 0.15) is 0 Å². The zero-order valence-corrected chi connectivity index (χ0v) is 11.9. The van der Waals surface area contributed by atoms with Gasteiger partial charge in [0, 0.05) is 13.0 Å². The first-order chi connectivity index (χ1) is 9.20. The summed E-state index contributed by atoms with van der Waals surface area (Å²) in [4.78, 5) is 0. The Morgan fingerprint density at radius 2 is 2.00 bits per heavy atom. The van der Waals surface area contributed by atoms with E-state index in [1.165, 1.54) is 0 Å². The van der Waals surface area contributed by atoms with Gasteiger partial charge in [0.15, 0.2) is 5.82 Å². The Hall–Kier alpha value is -1.17. The average Bonchev–Trinajstić information content (AvgIpc) is 2.82. The largest absolute Gasteiger partial charge is 0.330 e. The summed E-state index contributed by atoms with van der Waals surface area (Å²) in [7, 11) is 0. The third-order valence-corrected chi connectivity index (χ3v) is 3.52. The number of unbranched alkanes of at least 4 members (excludes halogenated alkanes) is 1. The second kappa shape index (κ2) is 6.84. The lowest BCUT2D eigenvalue weighted by Gasteiger charge is -2.05. The van der Waals surface area contributed by atoms with E-state index in [0.29, 0.717) is 23.0 Å². The fraction of sp³-hybridized carbons (Fsp3) is 0.417. The topological polar surface area (TPSA) is 69.6 Å². The van der Waals surface area contributed by atoms with Crippen molar-refractivity contribution in [2.24, 2.45) is 5.73 Å². The summed E-state index contributed by atoms with van der Waals surface area (Å²) in [6.45, 7) is 1.46. The fourth-order valence-electron chi connectivity index (χ4n) is 1.76.